The van der Waals surface area contributed by atoms with Crippen LogP contribution in [0.25, 0.3) is 0 Å². The zero-order valence-electron chi connectivity index (χ0n) is 17.1. The van der Waals surface area contributed by atoms with Crippen LogP contribution in [0.1, 0.15) is 56.1 Å². The molecule has 0 amide bonds. The van der Waals surface area contributed by atoms with Crippen molar-refractivity contribution in [3.05, 3.63) is 65.7 Å². The lowest BCUT2D eigenvalue weighted by Crippen LogP contribution is -2.58. The highest BCUT2D eigenvalue weighted by molar-refractivity contribution is 5.36. The van der Waals surface area contributed by atoms with E-state index in [1.165, 1.54) is 62.6 Å². The molecule has 4 atom stereocenters. The van der Waals surface area contributed by atoms with Crippen LogP contribution in [0.5, 0.6) is 5.75 Å². The maximum absolute atomic E-state index is 5.58. The number of piperidine rings is 1. The summed E-state index contributed by atoms with van der Waals surface area (Å²) in [6.07, 6.45) is 9.74. The molecule has 2 bridgehead atoms. The first-order valence-electron chi connectivity index (χ1n) is 11.2. The van der Waals surface area contributed by atoms with E-state index in [0.29, 0.717) is 5.41 Å². The second kappa shape index (κ2) is 7.55. The van der Waals surface area contributed by atoms with E-state index in [2.05, 4.69) is 59.5 Å². The van der Waals surface area contributed by atoms with E-state index in [-0.39, 0.29) is 0 Å². The summed E-state index contributed by atoms with van der Waals surface area (Å²) in [5.41, 5.74) is 3.35. The molecule has 3 aliphatic rings. The molecule has 2 aliphatic carbocycles. The van der Waals surface area contributed by atoms with Gasteiger partial charge in [-0.25, -0.2) is 0 Å². The number of likely N-dealkylation sites (tertiary alicyclic amines) is 1. The lowest BCUT2D eigenvalue weighted by Gasteiger charge is -2.58. The van der Waals surface area contributed by atoms with Crippen molar-refractivity contribution in [2.75, 3.05) is 13.7 Å². The second-order valence-electron chi connectivity index (χ2n) is 9.40. The molecule has 1 saturated heterocycles. The van der Waals surface area contributed by atoms with Crippen molar-refractivity contribution in [2.24, 2.45) is 11.8 Å². The Morgan fingerprint density at radius 2 is 1.86 bits per heavy atom. The van der Waals surface area contributed by atoms with Crippen molar-refractivity contribution in [3.63, 3.8) is 0 Å². The summed E-state index contributed by atoms with van der Waals surface area (Å²) < 4.78 is 5.58. The number of benzene rings is 2. The quantitative estimate of drug-likeness (QED) is 0.669. The summed E-state index contributed by atoms with van der Waals surface area (Å²) in [6, 6.07) is 20.8. The van der Waals surface area contributed by atoms with Gasteiger partial charge in [0.2, 0.25) is 0 Å². The average molecular weight is 376 g/mol. The molecule has 2 nitrogen and oxygen atoms in total. The molecule has 2 aromatic rings. The number of hydrogen-bond acceptors (Lipinski definition) is 2. The third-order valence-electron chi connectivity index (χ3n) is 7.97. The van der Waals surface area contributed by atoms with Gasteiger partial charge in [-0.15, -0.1) is 0 Å². The van der Waals surface area contributed by atoms with Gasteiger partial charge in [-0.3, -0.25) is 4.90 Å². The lowest BCUT2D eigenvalue weighted by atomic mass is 9.54. The standard InChI is InChI=1S/C26H33NO/c1-28-23-12-7-11-22(16-23)26-14-15-27(19-20-8-3-2-4-9-20)25(18-26)24-13-6-5-10-21(24)17-26/h2-4,7-9,11-12,16,21,24-25H,5-6,10,13-15,17-19H2,1H3/t21-,24+,25-,26+/m0/s1. The van der Waals surface area contributed by atoms with Gasteiger partial charge in [0.1, 0.15) is 5.75 Å². The zero-order chi connectivity index (χ0) is 19.0. The molecule has 0 unspecified atom stereocenters. The van der Waals surface area contributed by atoms with E-state index in [9.17, 15) is 0 Å². The van der Waals surface area contributed by atoms with Crippen LogP contribution < -0.4 is 4.74 Å². The summed E-state index contributed by atoms with van der Waals surface area (Å²) in [4.78, 5) is 2.83. The van der Waals surface area contributed by atoms with Crippen LogP contribution in [0.3, 0.4) is 0 Å². The highest BCUT2D eigenvalue weighted by Gasteiger charge is 2.51. The third kappa shape index (κ3) is 3.26. The Morgan fingerprint density at radius 3 is 2.71 bits per heavy atom. The van der Waals surface area contributed by atoms with Gasteiger partial charge in [0.05, 0.1) is 7.11 Å². The molecule has 2 saturated carbocycles. The Balaban J connectivity index is 1.47. The van der Waals surface area contributed by atoms with Crippen LogP contribution >= 0.6 is 0 Å². The van der Waals surface area contributed by atoms with Gasteiger partial charge in [-0.05, 0) is 72.7 Å². The van der Waals surface area contributed by atoms with E-state index in [0.717, 1.165) is 30.2 Å². The molecule has 5 rings (SSSR count). The van der Waals surface area contributed by atoms with Gasteiger partial charge in [0.25, 0.3) is 0 Å². The van der Waals surface area contributed by atoms with Crippen molar-refractivity contribution >= 4 is 0 Å². The summed E-state index contributed by atoms with van der Waals surface area (Å²) in [5.74, 6) is 2.81. The highest BCUT2D eigenvalue weighted by atomic mass is 16.5. The topological polar surface area (TPSA) is 12.5 Å². The number of nitrogens with zero attached hydrogens (tertiary/aromatic N) is 1. The molecular weight excluding hydrogens is 342 g/mol. The van der Waals surface area contributed by atoms with Crippen LogP contribution in [-0.4, -0.2) is 24.6 Å². The minimum atomic E-state index is 0.352. The van der Waals surface area contributed by atoms with Crippen molar-refractivity contribution in [3.8, 4) is 5.75 Å². The summed E-state index contributed by atoms with van der Waals surface area (Å²) in [7, 11) is 1.79. The van der Waals surface area contributed by atoms with E-state index in [1.807, 2.05) is 0 Å². The van der Waals surface area contributed by atoms with Crippen LogP contribution in [-0.2, 0) is 12.0 Å². The molecule has 0 aromatic heterocycles. The largest absolute Gasteiger partial charge is 0.497 e. The molecule has 0 spiro atoms. The second-order valence-corrected chi connectivity index (χ2v) is 9.40. The minimum Gasteiger partial charge on any atom is -0.497 e. The summed E-state index contributed by atoms with van der Waals surface area (Å²) in [5, 5.41) is 0. The maximum atomic E-state index is 5.58. The average Bonchev–Trinajstić information content (AvgIpc) is 2.76. The smallest absolute Gasteiger partial charge is 0.119 e. The molecule has 2 heteroatoms. The molecule has 1 heterocycles. The molecule has 148 valence electrons. The van der Waals surface area contributed by atoms with Gasteiger partial charge in [0.15, 0.2) is 0 Å². The van der Waals surface area contributed by atoms with E-state index < -0.39 is 0 Å². The first-order chi connectivity index (χ1) is 13.8. The van der Waals surface area contributed by atoms with Gasteiger partial charge >= 0.3 is 0 Å². The number of methoxy groups -OCH3 is 1. The van der Waals surface area contributed by atoms with Gasteiger partial charge in [-0.2, -0.15) is 0 Å². The van der Waals surface area contributed by atoms with Crippen LogP contribution in [0.4, 0.5) is 0 Å². The van der Waals surface area contributed by atoms with Crippen molar-refractivity contribution < 1.29 is 4.74 Å². The first-order valence-corrected chi connectivity index (χ1v) is 11.2. The van der Waals surface area contributed by atoms with Crippen LogP contribution in [0.2, 0.25) is 0 Å². The normalized spacial score (nSPS) is 32.5. The van der Waals surface area contributed by atoms with Crippen molar-refractivity contribution in [2.45, 2.75) is 62.9 Å². The lowest BCUT2D eigenvalue weighted by molar-refractivity contribution is -0.0418. The highest BCUT2D eigenvalue weighted by Crippen LogP contribution is 2.55. The molecule has 2 aromatic carbocycles. The van der Waals surface area contributed by atoms with Gasteiger partial charge < -0.3 is 4.74 Å². The fourth-order valence-corrected chi connectivity index (χ4v) is 6.61. The molecule has 0 radical (unpaired) electrons. The van der Waals surface area contributed by atoms with Crippen molar-refractivity contribution in [1.82, 2.24) is 4.90 Å². The first kappa shape index (κ1) is 18.2. The van der Waals surface area contributed by atoms with Crippen LogP contribution in [0, 0.1) is 11.8 Å². The Labute approximate surface area is 169 Å². The molecule has 0 N–H and O–H groups in total. The summed E-state index contributed by atoms with van der Waals surface area (Å²) in [6.45, 7) is 2.34. The number of rotatable bonds is 4. The number of fused-ring (bicyclic) bond motifs is 4. The Kier molecular flexibility index (Phi) is 4.92. The van der Waals surface area contributed by atoms with Gasteiger partial charge in [-0.1, -0.05) is 61.7 Å². The fourth-order valence-electron chi connectivity index (χ4n) is 6.61. The molecule has 1 aliphatic heterocycles. The fraction of sp³-hybridized carbons (Fsp3) is 0.538. The Morgan fingerprint density at radius 1 is 1.00 bits per heavy atom. The van der Waals surface area contributed by atoms with E-state index in [1.54, 1.807) is 7.11 Å². The van der Waals surface area contributed by atoms with E-state index >= 15 is 0 Å². The molecule has 3 fully saturated rings. The molecular formula is C26H33NO. The summed E-state index contributed by atoms with van der Waals surface area (Å²) >= 11 is 0. The van der Waals surface area contributed by atoms with Gasteiger partial charge in [0, 0.05) is 12.6 Å². The number of ether oxygens (including phenoxy) is 1. The Hall–Kier alpha value is -1.80. The predicted octanol–water partition coefficient (Wildman–Crippen LogP) is 5.81. The SMILES string of the molecule is COc1cccc([C@@]23CCN(Cc4ccccc4)[C@@H](C2)[C@@H]2CCCC[C@H]2C3)c1. The Bertz CT molecular complexity index is 803. The third-order valence-corrected chi connectivity index (χ3v) is 7.97. The zero-order valence-corrected chi connectivity index (χ0v) is 17.1. The molecule has 28 heavy (non-hydrogen) atoms. The monoisotopic (exact) mass is 375 g/mol. The maximum Gasteiger partial charge on any atom is 0.119 e. The number of hydrogen-bond donors (Lipinski definition) is 0. The van der Waals surface area contributed by atoms with E-state index in [4.69, 9.17) is 4.74 Å². The predicted molar refractivity (Wildman–Crippen MR) is 115 cm³/mol. The van der Waals surface area contributed by atoms with Crippen molar-refractivity contribution in [1.29, 1.82) is 0 Å². The van der Waals surface area contributed by atoms with Crippen LogP contribution in [0.15, 0.2) is 54.6 Å². The minimum absolute atomic E-state index is 0.352.